The summed E-state index contributed by atoms with van der Waals surface area (Å²) in [7, 11) is 0. The first-order chi connectivity index (χ1) is 9.10. The van der Waals surface area contributed by atoms with Crippen LogP contribution in [0.4, 0.5) is 0 Å². The maximum absolute atomic E-state index is 11.9. The normalized spacial score (nSPS) is 10.6. The molecule has 19 heavy (non-hydrogen) atoms. The summed E-state index contributed by atoms with van der Waals surface area (Å²) in [5.74, 6) is -0.326. The van der Waals surface area contributed by atoms with Crippen molar-refractivity contribution in [2.45, 2.75) is 26.7 Å². The Hall–Kier alpha value is -1.96. The van der Waals surface area contributed by atoms with Gasteiger partial charge in [-0.1, -0.05) is 12.1 Å². The van der Waals surface area contributed by atoms with Crippen molar-refractivity contribution >= 4 is 17.2 Å². The van der Waals surface area contributed by atoms with Crippen LogP contribution in [0.15, 0.2) is 9.32 Å². The van der Waals surface area contributed by atoms with E-state index in [0.717, 1.165) is 17.1 Å². The van der Waals surface area contributed by atoms with Crippen LogP contribution >= 0.6 is 11.3 Å². The van der Waals surface area contributed by atoms with Crippen molar-refractivity contribution in [2.75, 3.05) is 6.54 Å². The minimum atomic E-state index is -0.591. The van der Waals surface area contributed by atoms with Crippen LogP contribution in [0, 0.1) is 6.92 Å². The molecule has 0 aliphatic carbocycles. The van der Waals surface area contributed by atoms with Crippen molar-refractivity contribution < 1.29 is 9.32 Å². The lowest BCUT2D eigenvalue weighted by molar-refractivity contribution is 0.0957. The van der Waals surface area contributed by atoms with Crippen molar-refractivity contribution in [1.29, 1.82) is 0 Å². The Kier molecular flexibility index (Phi) is 4.10. The second-order valence-corrected chi connectivity index (χ2v) is 5.01. The highest BCUT2D eigenvalue weighted by molar-refractivity contribution is 7.13. The summed E-state index contributed by atoms with van der Waals surface area (Å²) in [4.78, 5) is 30.0. The highest BCUT2D eigenvalue weighted by Crippen LogP contribution is 2.18. The zero-order chi connectivity index (χ0) is 13.8. The van der Waals surface area contributed by atoms with E-state index < -0.39 is 5.76 Å². The maximum atomic E-state index is 11.9. The Bertz CT molecular complexity index is 628. The standard InChI is InChI=1S/C11H14N4O3S/c1-3-8-13-6(2)9(19-8)10(16)12-5-4-7-14-11(17)18-15-7/h3-5H2,1-2H3,(H,12,16)(H,14,15,17). The molecule has 2 rings (SSSR count). The van der Waals surface area contributed by atoms with Gasteiger partial charge in [0.2, 0.25) is 0 Å². The number of carbonyl (C=O) groups excluding carboxylic acids is 1. The molecular formula is C11H14N4O3S. The molecular weight excluding hydrogens is 268 g/mol. The second-order valence-electron chi connectivity index (χ2n) is 3.92. The molecule has 0 saturated heterocycles. The van der Waals surface area contributed by atoms with E-state index in [2.05, 4.69) is 25.0 Å². The van der Waals surface area contributed by atoms with Gasteiger partial charge in [0.25, 0.3) is 5.91 Å². The summed E-state index contributed by atoms with van der Waals surface area (Å²) in [5, 5.41) is 7.23. The Morgan fingerprint density at radius 2 is 2.32 bits per heavy atom. The van der Waals surface area contributed by atoms with E-state index in [0.29, 0.717) is 23.7 Å². The number of amides is 1. The molecule has 0 unspecified atom stereocenters. The third-order valence-electron chi connectivity index (χ3n) is 2.48. The van der Waals surface area contributed by atoms with E-state index in [1.54, 1.807) is 0 Å². The molecule has 0 aromatic carbocycles. The van der Waals surface area contributed by atoms with E-state index in [-0.39, 0.29) is 5.91 Å². The maximum Gasteiger partial charge on any atom is 0.438 e. The largest absolute Gasteiger partial charge is 0.438 e. The summed E-state index contributed by atoms with van der Waals surface area (Å²) >= 11 is 1.40. The number of rotatable bonds is 5. The van der Waals surface area contributed by atoms with Gasteiger partial charge in [0.15, 0.2) is 5.82 Å². The number of aromatic nitrogens is 3. The van der Waals surface area contributed by atoms with Gasteiger partial charge in [-0.2, -0.15) is 0 Å². The number of hydrogen-bond donors (Lipinski definition) is 2. The van der Waals surface area contributed by atoms with Gasteiger partial charge in [-0.15, -0.1) is 11.3 Å². The van der Waals surface area contributed by atoms with Crippen molar-refractivity contribution in [3.63, 3.8) is 0 Å². The van der Waals surface area contributed by atoms with Crippen LogP contribution in [0.25, 0.3) is 0 Å². The van der Waals surface area contributed by atoms with Gasteiger partial charge >= 0.3 is 5.76 Å². The third-order valence-corrected chi connectivity index (χ3v) is 3.78. The molecule has 0 aliphatic rings. The van der Waals surface area contributed by atoms with Crippen LogP contribution in [-0.4, -0.2) is 27.6 Å². The summed E-state index contributed by atoms with van der Waals surface area (Å²) in [6.07, 6.45) is 1.23. The molecule has 0 radical (unpaired) electrons. The third kappa shape index (κ3) is 3.28. The highest BCUT2D eigenvalue weighted by atomic mass is 32.1. The molecule has 7 nitrogen and oxygen atoms in total. The number of nitrogens with zero attached hydrogens (tertiary/aromatic N) is 2. The minimum absolute atomic E-state index is 0.152. The lowest BCUT2D eigenvalue weighted by Gasteiger charge is -2.01. The smallest absolute Gasteiger partial charge is 0.351 e. The molecule has 2 N–H and O–H groups in total. The number of thiazole rings is 1. The monoisotopic (exact) mass is 282 g/mol. The van der Waals surface area contributed by atoms with Crippen molar-refractivity contribution in [3.8, 4) is 0 Å². The van der Waals surface area contributed by atoms with Crippen molar-refractivity contribution in [1.82, 2.24) is 20.4 Å². The average Bonchev–Trinajstić information content (AvgIpc) is 2.95. The Morgan fingerprint density at radius 3 is 2.89 bits per heavy atom. The van der Waals surface area contributed by atoms with Gasteiger partial charge in [-0.3, -0.25) is 14.3 Å². The Balaban J connectivity index is 1.90. The van der Waals surface area contributed by atoms with Crippen LogP contribution < -0.4 is 11.1 Å². The predicted molar refractivity (Wildman–Crippen MR) is 69.4 cm³/mol. The van der Waals surface area contributed by atoms with Crippen LogP contribution in [0.5, 0.6) is 0 Å². The first kappa shape index (κ1) is 13.5. The summed E-state index contributed by atoms with van der Waals surface area (Å²) in [6, 6.07) is 0. The fourth-order valence-electron chi connectivity index (χ4n) is 1.56. The van der Waals surface area contributed by atoms with Gasteiger partial charge in [-0.25, -0.2) is 9.78 Å². The molecule has 2 heterocycles. The predicted octanol–water partition coefficient (Wildman–Crippen LogP) is 0.663. The fourth-order valence-corrected chi connectivity index (χ4v) is 2.48. The quantitative estimate of drug-likeness (QED) is 0.839. The summed E-state index contributed by atoms with van der Waals surface area (Å²) in [6.45, 7) is 4.20. The molecule has 0 bridgehead atoms. The zero-order valence-electron chi connectivity index (χ0n) is 10.6. The molecule has 2 aromatic heterocycles. The van der Waals surface area contributed by atoms with Gasteiger partial charge in [-0.05, 0) is 13.3 Å². The molecule has 1 amide bonds. The SMILES string of the molecule is CCc1nc(C)c(C(=O)NCCc2noc(=O)[nH]2)s1. The Labute approximate surface area is 113 Å². The molecule has 0 fully saturated rings. The second kappa shape index (κ2) is 5.79. The van der Waals surface area contributed by atoms with Gasteiger partial charge < -0.3 is 5.32 Å². The number of hydrogen-bond acceptors (Lipinski definition) is 6. The number of H-pyrrole nitrogens is 1. The average molecular weight is 282 g/mol. The van der Waals surface area contributed by atoms with E-state index in [1.165, 1.54) is 11.3 Å². The van der Waals surface area contributed by atoms with Crippen LogP contribution in [0.2, 0.25) is 0 Å². The molecule has 2 aromatic rings. The molecule has 0 saturated carbocycles. The highest BCUT2D eigenvalue weighted by Gasteiger charge is 2.14. The van der Waals surface area contributed by atoms with E-state index >= 15 is 0 Å². The van der Waals surface area contributed by atoms with Crippen LogP contribution in [-0.2, 0) is 12.8 Å². The first-order valence-corrected chi connectivity index (χ1v) is 6.71. The molecule has 0 spiro atoms. The first-order valence-electron chi connectivity index (χ1n) is 5.89. The number of aryl methyl sites for hydroxylation is 2. The lowest BCUT2D eigenvalue weighted by Crippen LogP contribution is -2.25. The molecule has 0 atom stereocenters. The van der Waals surface area contributed by atoms with Crippen LogP contribution in [0.1, 0.15) is 33.1 Å². The zero-order valence-corrected chi connectivity index (χ0v) is 11.5. The number of aromatic amines is 1. The molecule has 8 heteroatoms. The van der Waals surface area contributed by atoms with E-state index in [1.807, 2.05) is 13.8 Å². The Morgan fingerprint density at radius 1 is 1.53 bits per heavy atom. The molecule has 102 valence electrons. The van der Waals surface area contributed by atoms with Gasteiger partial charge in [0.1, 0.15) is 4.88 Å². The topological polar surface area (TPSA) is 101 Å². The fraction of sp³-hybridized carbons (Fsp3) is 0.455. The summed E-state index contributed by atoms with van der Waals surface area (Å²) in [5.41, 5.74) is 0.745. The number of nitrogens with one attached hydrogen (secondary N) is 2. The van der Waals surface area contributed by atoms with Crippen molar-refractivity contribution in [3.05, 3.63) is 32.0 Å². The summed E-state index contributed by atoms with van der Waals surface area (Å²) < 4.78 is 4.36. The van der Waals surface area contributed by atoms with E-state index in [4.69, 9.17) is 0 Å². The number of carbonyl (C=O) groups is 1. The van der Waals surface area contributed by atoms with Crippen LogP contribution in [0.3, 0.4) is 0 Å². The lowest BCUT2D eigenvalue weighted by atomic mass is 10.3. The van der Waals surface area contributed by atoms with Gasteiger partial charge in [0, 0.05) is 13.0 Å². The van der Waals surface area contributed by atoms with E-state index in [9.17, 15) is 9.59 Å². The minimum Gasteiger partial charge on any atom is -0.351 e. The van der Waals surface area contributed by atoms with Gasteiger partial charge in [0.05, 0.1) is 10.7 Å². The van der Waals surface area contributed by atoms with Crippen molar-refractivity contribution in [2.24, 2.45) is 0 Å². The molecule has 0 aliphatic heterocycles.